The van der Waals surface area contributed by atoms with Crippen LogP contribution in [0.1, 0.15) is 57.2 Å². The van der Waals surface area contributed by atoms with E-state index in [0.717, 1.165) is 57.0 Å². The average Bonchev–Trinajstić information content (AvgIpc) is 3.56. The van der Waals surface area contributed by atoms with Crippen LogP contribution in [-0.2, 0) is 14.9 Å². The van der Waals surface area contributed by atoms with Crippen molar-refractivity contribution >= 4 is 23.4 Å². The van der Waals surface area contributed by atoms with Gasteiger partial charge in [-0.25, -0.2) is 19.9 Å². The van der Waals surface area contributed by atoms with Crippen LogP contribution in [0.15, 0.2) is 18.7 Å². The molecule has 0 unspecified atom stereocenters. The van der Waals surface area contributed by atoms with E-state index in [1.807, 2.05) is 4.90 Å². The number of carbonyl (C=O) groups excluding carboxylic acids is 1. The number of fused-ring (bicyclic) bond motifs is 3. The Morgan fingerprint density at radius 2 is 1.86 bits per heavy atom. The Balaban J connectivity index is 1.22. The molecule has 8 rings (SSSR count). The number of nitrogens with zero attached hydrogens (tertiary/aromatic N) is 8. The van der Waals surface area contributed by atoms with Crippen molar-refractivity contribution in [3.8, 4) is 6.07 Å². The molecular formula is C26H30N8O2. The van der Waals surface area contributed by atoms with Crippen molar-refractivity contribution in [3.63, 3.8) is 0 Å². The van der Waals surface area contributed by atoms with Gasteiger partial charge in [0.15, 0.2) is 0 Å². The van der Waals surface area contributed by atoms with Gasteiger partial charge in [-0.2, -0.15) is 5.26 Å². The summed E-state index contributed by atoms with van der Waals surface area (Å²) in [5.41, 5.74) is 0.952. The van der Waals surface area contributed by atoms with E-state index < -0.39 is 5.60 Å². The van der Waals surface area contributed by atoms with Gasteiger partial charge in [0, 0.05) is 48.8 Å². The van der Waals surface area contributed by atoms with E-state index in [2.05, 4.69) is 39.7 Å². The number of nitriles is 1. The van der Waals surface area contributed by atoms with Crippen LogP contribution < -0.4 is 9.80 Å². The van der Waals surface area contributed by atoms with Gasteiger partial charge in [0.2, 0.25) is 0 Å². The monoisotopic (exact) mass is 486 g/mol. The summed E-state index contributed by atoms with van der Waals surface area (Å²) < 4.78 is 5.94. The van der Waals surface area contributed by atoms with Gasteiger partial charge in [-0.05, 0) is 45.4 Å². The summed E-state index contributed by atoms with van der Waals surface area (Å²) in [7, 11) is 0. The van der Waals surface area contributed by atoms with Gasteiger partial charge in [0.05, 0.1) is 6.61 Å². The van der Waals surface area contributed by atoms with Crippen molar-refractivity contribution in [1.82, 2.24) is 24.8 Å². The molecule has 1 spiro atoms. The lowest BCUT2D eigenvalue weighted by Gasteiger charge is -2.49. The zero-order chi connectivity index (χ0) is 24.7. The average molecular weight is 487 g/mol. The highest BCUT2D eigenvalue weighted by Crippen LogP contribution is 2.56. The van der Waals surface area contributed by atoms with Gasteiger partial charge in [-0.1, -0.05) is 6.42 Å². The lowest BCUT2D eigenvalue weighted by atomic mass is 9.66. The molecule has 36 heavy (non-hydrogen) atoms. The van der Waals surface area contributed by atoms with Crippen LogP contribution >= 0.6 is 0 Å². The van der Waals surface area contributed by atoms with Crippen LogP contribution in [0.2, 0.25) is 0 Å². The molecule has 0 N–H and O–H groups in total. The Bertz CT molecular complexity index is 1280. The lowest BCUT2D eigenvalue weighted by molar-refractivity contribution is -0.158. The van der Waals surface area contributed by atoms with Gasteiger partial charge < -0.3 is 19.4 Å². The number of anilines is 3. The van der Waals surface area contributed by atoms with Crippen molar-refractivity contribution in [1.29, 1.82) is 5.26 Å². The quantitative estimate of drug-likeness (QED) is 0.645. The molecule has 2 saturated carbocycles. The predicted octanol–water partition coefficient (Wildman–Crippen LogP) is 2.32. The van der Waals surface area contributed by atoms with Crippen LogP contribution in [0.4, 0.5) is 17.5 Å². The normalized spacial score (nSPS) is 31.6. The Hall–Kier alpha value is -3.32. The van der Waals surface area contributed by atoms with E-state index in [0.29, 0.717) is 24.0 Å². The van der Waals surface area contributed by atoms with Crippen LogP contribution in [0, 0.1) is 17.2 Å². The number of rotatable bonds is 3. The zero-order valence-electron chi connectivity index (χ0n) is 20.7. The Morgan fingerprint density at radius 1 is 1.08 bits per heavy atom. The minimum atomic E-state index is -0.562. The number of hydrogen-bond acceptors (Lipinski definition) is 9. The third-order valence-corrected chi connectivity index (χ3v) is 9.15. The Kier molecular flexibility index (Phi) is 4.62. The van der Waals surface area contributed by atoms with Crippen molar-refractivity contribution in [2.24, 2.45) is 5.92 Å². The molecule has 0 aromatic carbocycles. The summed E-state index contributed by atoms with van der Waals surface area (Å²) in [5.74, 6) is 3.28. The zero-order valence-corrected chi connectivity index (χ0v) is 20.7. The Morgan fingerprint density at radius 3 is 2.56 bits per heavy atom. The summed E-state index contributed by atoms with van der Waals surface area (Å²) >= 11 is 0. The van der Waals surface area contributed by atoms with Gasteiger partial charge in [-0.15, -0.1) is 0 Å². The first-order chi connectivity index (χ1) is 17.4. The second-order valence-corrected chi connectivity index (χ2v) is 11.4. The third kappa shape index (κ3) is 2.95. The molecule has 2 aromatic heterocycles. The van der Waals surface area contributed by atoms with Crippen molar-refractivity contribution in [3.05, 3.63) is 30.0 Å². The first-order valence-electron chi connectivity index (χ1n) is 13.0. The fourth-order valence-electron chi connectivity index (χ4n) is 7.07. The second kappa shape index (κ2) is 7.59. The fraction of sp³-hybridized carbons (Fsp3) is 0.615. The minimum absolute atomic E-state index is 0.0167. The standard InChI is InChI=1S/C26H30N8O2/c1-16-11-33(24(35)26-7-18(8-26)12-36-26)17(2)10-32(16)22-21-23(31-15-30-22)34(13-25(21)4-3-5-25)20-6-19(9-27)28-14-29-20/h6,14-18H,3-5,7-8,10-13H2,1-2H3/t16-,17+,18?,26?/m0/s1. The van der Waals surface area contributed by atoms with Gasteiger partial charge in [0.25, 0.3) is 5.91 Å². The smallest absolute Gasteiger partial charge is 0.255 e. The third-order valence-electron chi connectivity index (χ3n) is 9.15. The van der Waals surface area contributed by atoms with Crippen LogP contribution in [0.5, 0.6) is 0 Å². The van der Waals surface area contributed by atoms with E-state index >= 15 is 0 Å². The molecule has 10 heteroatoms. The summed E-state index contributed by atoms with van der Waals surface area (Å²) in [5, 5.41) is 9.35. The summed E-state index contributed by atoms with van der Waals surface area (Å²) in [6.45, 7) is 7.19. The highest BCUT2D eigenvalue weighted by molar-refractivity contribution is 5.87. The fourth-order valence-corrected chi connectivity index (χ4v) is 7.07. The first-order valence-corrected chi connectivity index (χ1v) is 13.0. The lowest BCUT2D eigenvalue weighted by Crippen LogP contribution is -2.64. The van der Waals surface area contributed by atoms with Crippen LogP contribution in [-0.4, -0.2) is 74.7 Å². The molecule has 6 heterocycles. The largest absolute Gasteiger partial charge is 0.365 e. The summed E-state index contributed by atoms with van der Waals surface area (Å²) in [6.07, 6.45) is 8.17. The van der Waals surface area contributed by atoms with Crippen molar-refractivity contribution in [2.45, 2.75) is 69.1 Å². The molecular weight excluding hydrogens is 456 g/mol. The van der Waals surface area contributed by atoms with E-state index in [-0.39, 0.29) is 23.4 Å². The first kappa shape index (κ1) is 21.9. The number of ether oxygens (including phenoxy) is 1. The van der Waals surface area contributed by atoms with E-state index in [4.69, 9.17) is 14.7 Å². The maximum atomic E-state index is 13.5. The molecule has 186 valence electrons. The molecule has 6 aliphatic rings. The molecule has 5 fully saturated rings. The van der Waals surface area contributed by atoms with Crippen LogP contribution in [0.3, 0.4) is 0 Å². The predicted molar refractivity (Wildman–Crippen MR) is 131 cm³/mol. The molecule has 4 aliphatic heterocycles. The van der Waals surface area contributed by atoms with Gasteiger partial charge >= 0.3 is 0 Å². The molecule has 2 aromatic rings. The van der Waals surface area contributed by atoms with Gasteiger partial charge in [-0.3, -0.25) is 4.79 Å². The van der Waals surface area contributed by atoms with Crippen LogP contribution in [0.25, 0.3) is 0 Å². The molecule has 2 bridgehead atoms. The molecule has 2 atom stereocenters. The number of aromatic nitrogens is 4. The van der Waals surface area contributed by atoms with E-state index in [1.165, 1.54) is 18.3 Å². The SMILES string of the molecule is C[C@@H]1CN(c2ncnc3c2C2(CCC2)CN3c2cc(C#N)ncn2)[C@@H](C)CN1C(=O)C12CC(CO1)C2. The number of carbonyl (C=O) groups is 1. The minimum Gasteiger partial charge on any atom is -0.365 e. The molecule has 3 saturated heterocycles. The highest BCUT2D eigenvalue weighted by atomic mass is 16.5. The Labute approximate surface area is 210 Å². The van der Waals surface area contributed by atoms with Crippen molar-refractivity contribution < 1.29 is 9.53 Å². The second-order valence-electron chi connectivity index (χ2n) is 11.4. The van der Waals surface area contributed by atoms with E-state index in [1.54, 1.807) is 12.4 Å². The molecule has 10 nitrogen and oxygen atoms in total. The topological polar surface area (TPSA) is 111 Å². The van der Waals surface area contributed by atoms with E-state index in [9.17, 15) is 10.1 Å². The highest BCUT2D eigenvalue weighted by Gasteiger charge is 2.59. The summed E-state index contributed by atoms with van der Waals surface area (Å²) in [4.78, 5) is 38.1. The van der Waals surface area contributed by atoms with Crippen molar-refractivity contribution in [2.75, 3.05) is 36.0 Å². The maximum Gasteiger partial charge on any atom is 0.255 e. The van der Waals surface area contributed by atoms with Gasteiger partial charge in [0.1, 0.15) is 47.5 Å². The summed E-state index contributed by atoms with van der Waals surface area (Å²) in [6, 6.07) is 4.03. The maximum absolute atomic E-state index is 13.5. The number of piperazine rings is 1. The molecule has 2 aliphatic carbocycles. The number of amides is 1. The molecule has 0 radical (unpaired) electrons. The molecule has 1 amide bonds. The number of hydrogen-bond donors (Lipinski definition) is 0.